The molecule has 0 aliphatic carbocycles. The van der Waals surface area contributed by atoms with Gasteiger partial charge in [0.1, 0.15) is 171 Å². The summed E-state index contributed by atoms with van der Waals surface area (Å²) in [6, 6.07) is 0. The van der Waals surface area contributed by atoms with E-state index in [1.165, 1.54) is 0 Å². The van der Waals surface area contributed by atoms with E-state index in [0.29, 0.717) is 0 Å². The molecule has 0 aromatic carbocycles. The van der Waals surface area contributed by atoms with E-state index in [-0.39, 0.29) is 88.1 Å². The van der Waals surface area contributed by atoms with Gasteiger partial charge in [-0.25, -0.2) is 0 Å². The highest BCUT2D eigenvalue weighted by atomic mass is 28.4. The van der Waals surface area contributed by atoms with Crippen LogP contribution in [0.4, 0.5) is 0 Å². The van der Waals surface area contributed by atoms with E-state index < -0.39 is 273 Å². The van der Waals surface area contributed by atoms with E-state index >= 15 is 0 Å². The van der Waals surface area contributed by atoms with Gasteiger partial charge in [0.25, 0.3) is 0 Å². The summed E-state index contributed by atoms with van der Waals surface area (Å²) < 4.78 is 253. The van der Waals surface area contributed by atoms with Crippen molar-refractivity contribution in [1.82, 2.24) is 0 Å². The molecule has 15 heterocycles. The SMILES string of the molecule is C=CCO[C@H]1[C@H]2O[C@H]3[C@@H](OC)[C@H](OC)[C@@H](O[C@H]4[C@H](OC)[C@H](OC)[C@@H](O[C@H]5[C@H](OC)[C@@H](OC)[C@@H](O[C@H]6[C@H](OC)[C@@H](OC)[C@@H](O[C@H]7[C@H](OC)[C@@H](OC)[C@@H](O[C@H]8[C@H](OC)[C@@H](OC)[C@@H](O[C@@H]([C@@H]1OC)[C@@H](CO[Si](C)(C)C(C)(C)C)O2)O[C@@H]8CO[Si](C)(C)C(C)(C)C)O[C@@H]7CO[Si](C)(C)C(C)(C)C)O[C@@H]6CO[Si](C)(C)C(C)(C)C)O[C@@H]5CO[Si](C)(C)C(C)(C)C)O[C@@H]4CO[Si](C)(C)C(C)(C)C)O[C@@H]3CO[Si](C)(C)C(C)(C)C. The van der Waals surface area contributed by atoms with Crippen molar-refractivity contribution >= 4 is 58.2 Å². The fourth-order valence-electron chi connectivity index (χ4n) is 17.4. The molecule has 0 saturated carbocycles. The van der Waals surface area contributed by atoms with Gasteiger partial charge >= 0.3 is 0 Å². The van der Waals surface area contributed by atoms with Gasteiger partial charge < -0.3 is 164 Å². The summed E-state index contributed by atoms with van der Waals surface area (Å²) in [6.07, 6.45) is -37.2. The molecule has 0 spiro atoms. The van der Waals surface area contributed by atoms with E-state index in [1.54, 1.807) is 98.5 Å². The topological polar surface area (TPSA) is 323 Å². The number of rotatable bonds is 37. The van der Waals surface area contributed by atoms with Gasteiger partial charge in [0.05, 0.1) is 52.9 Å². The molecule has 0 aromatic rings. The van der Waals surface area contributed by atoms with E-state index in [0.717, 1.165) is 0 Å². The molecule has 42 heteroatoms. The van der Waals surface area contributed by atoms with Crippen LogP contribution >= 0.6 is 0 Å². The van der Waals surface area contributed by atoms with E-state index in [2.05, 4.69) is 244 Å². The smallest absolute Gasteiger partial charge is 0.192 e. The molecule has 15 fully saturated rings. The second kappa shape index (κ2) is 50.8. The average molecular weight is 2160 g/mol. The van der Waals surface area contributed by atoms with Crippen LogP contribution in [-0.2, 0) is 164 Å². The van der Waals surface area contributed by atoms with Crippen LogP contribution in [0.5, 0.6) is 0 Å². The molecule has 15 aliphatic rings. The van der Waals surface area contributed by atoms with Crippen LogP contribution in [0.25, 0.3) is 0 Å². The Morgan fingerprint density at radius 3 is 0.401 bits per heavy atom. The predicted octanol–water partition coefficient (Wildman–Crippen LogP) is 15.7. The Kier molecular flexibility index (Phi) is 45.5. The first-order chi connectivity index (χ1) is 65.5. The molecule has 35 atom stereocenters. The molecule has 15 saturated heterocycles. The molecule has 836 valence electrons. The lowest BCUT2D eigenvalue weighted by Gasteiger charge is -2.53. The average Bonchev–Trinajstić information content (AvgIpc) is 0.780. The second-order valence-electron chi connectivity index (χ2n) is 50.2. The first kappa shape index (κ1) is 127. The Balaban J connectivity index is 1.45. The van der Waals surface area contributed by atoms with Crippen molar-refractivity contribution in [2.45, 2.75) is 487 Å². The molecule has 0 unspecified atom stereocenters. The largest absolute Gasteiger partial charge is 0.414 e. The van der Waals surface area contributed by atoms with Crippen LogP contribution in [0.15, 0.2) is 12.7 Å². The molecule has 142 heavy (non-hydrogen) atoms. The molecule has 15 aliphatic heterocycles. The van der Waals surface area contributed by atoms with Crippen LogP contribution in [0, 0.1) is 0 Å². The van der Waals surface area contributed by atoms with Gasteiger partial charge in [0.15, 0.2) is 102 Å². The highest BCUT2D eigenvalue weighted by Crippen LogP contribution is 2.50. The third kappa shape index (κ3) is 29.4. The number of fused-ring (bicyclic) bond motifs is 7. The van der Waals surface area contributed by atoms with Gasteiger partial charge in [0.2, 0.25) is 0 Å². The molecular weight excluding hydrogens is 1960 g/mol. The Bertz CT molecular complexity index is 3680. The van der Waals surface area contributed by atoms with E-state index in [4.69, 9.17) is 164 Å². The maximum absolute atomic E-state index is 7.71. The standard InChI is InChI=1S/C100H198O35Si7/c1-50-51-114-86-79(107-29)72-65(58-121-142(48,49)100(20,21)22)128-93(86)135-71-64(57-120-141(46,47)99(17,18)19)127-91(85(113-35)78(71)106-28)133-69-62(55-118-139(42,43)97(11,12)13)125-89(83(111-33)76(69)104-26)131-67-60(53-116-137(38,39)95(5,6)7)123-87(81(109-31)74(67)102-24)129-66-59(52-115-136(36,37)94(2,3)4)122-88(80(108-30)73(66)101-23)130-68-61(54-117-138(40,41)96(8,9)10)124-90(82(110-32)75(68)103-25)132-70-63(56-119-140(44,45)98(14,15)16)126-92(134-72)84(112-34)77(70)105-27/h50,59-93H,1,51-58H2,2-49H3/t59-,60-,61-,62-,63-,64-,65-,66-,67-,68-,69-,70-,71-,72-,73+,74+,75+,76+,77+,78-,79+,80-,81-,82-,83+,84-,85+,86-,87-,88-,89-,90-,91-,92-,93-/m1/s1. The Hall–Kier alpha value is -0.142. The number of hydrogen-bond donors (Lipinski definition) is 0. The fourth-order valence-corrected chi connectivity index (χ4v) is 24.5. The Labute approximate surface area is 862 Å². The summed E-state index contributed by atoms with van der Waals surface area (Å²) in [4.78, 5) is 0. The normalized spacial score (nSPS) is 37.3. The van der Waals surface area contributed by atoms with Crippen molar-refractivity contribution in [3.05, 3.63) is 12.7 Å². The lowest BCUT2D eigenvalue weighted by atomic mass is 9.94. The quantitative estimate of drug-likeness (QED) is 0.0412. The second-order valence-corrected chi connectivity index (χ2v) is 83.9. The molecule has 0 radical (unpaired) electrons. The summed E-state index contributed by atoms with van der Waals surface area (Å²) in [7, 11) is 1.89. The minimum atomic E-state index is -2.69. The molecule has 0 aromatic heterocycles. The van der Waals surface area contributed by atoms with Crippen LogP contribution in [0.1, 0.15) is 145 Å². The summed E-state index contributed by atoms with van der Waals surface area (Å²) >= 11 is 0. The summed E-state index contributed by atoms with van der Waals surface area (Å²) in [5.74, 6) is 0. The molecule has 15 rings (SSSR count). The van der Waals surface area contributed by atoms with Crippen molar-refractivity contribution in [1.29, 1.82) is 0 Å². The van der Waals surface area contributed by atoms with Crippen molar-refractivity contribution in [3.8, 4) is 0 Å². The fraction of sp³-hybridized carbons (Fsp3) is 0.980. The molecular formula is C100H198O35Si7. The predicted molar refractivity (Wildman–Crippen MR) is 557 cm³/mol. The van der Waals surface area contributed by atoms with Crippen LogP contribution in [0.3, 0.4) is 0 Å². The van der Waals surface area contributed by atoms with Gasteiger partial charge in [-0.2, -0.15) is 0 Å². The Morgan fingerprint density at radius 1 is 0.183 bits per heavy atom. The monoisotopic (exact) mass is 2160 g/mol. The van der Waals surface area contributed by atoms with Gasteiger partial charge in [-0.3, -0.25) is 0 Å². The zero-order valence-electron chi connectivity index (χ0n) is 96.4. The lowest BCUT2D eigenvalue weighted by molar-refractivity contribution is -0.402. The molecule has 0 amide bonds. The van der Waals surface area contributed by atoms with Gasteiger partial charge in [0, 0.05) is 92.4 Å². The maximum atomic E-state index is 7.71. The zero-order chi connectivity index (χ0) is 107. The van der Waals surface area contributed by atoms with Crippen molar-refractivity contribution in [2.24, 2.45) is 0 Å². The molecule has 14 bridgehead atoms. The first-order valence-electron chi connectivity index (χ1n) is 51.2. The Morgan fingerprint density at radius 2 is 0.296 bits per heavy atom. The lowest BCUT2D eigenvalue weighted by Crippen LogP contribution is -2.70. The van der Waals surface area contributed by atoms with Crippen LogP contribution in [0.2, 0.25) is 127 Å². The van der Waals surface area contributed by atoms with E-state index in [9.17, 15) is 0 Å². The molecule has 0 N–H and O–H groups in total. The third-order valence-corrected chi connectivity index (χ3v) is 65.5. The summed E-state index contributed by atoms with van der Waals surface area (Å²) in [6.45, 7) is 80.4. The summed E-state index contributed by atoms with van der Waals surface area (Å²) in [5.41, 5.74) is 0. The van der Waals surface area contributed by atoms with Crippen LogP contribution in [-0.4, -0.2) is 418 Å². The number of ether oxygens (including phenoxy) is 28. The van der Waals surface area contributed by atoms with Gasteiger partial charge in [-0.15, -0.1) is 6.58 Å². The minimum Gasteiger partial charge on any atom is -0.414 e. The number of hydrogen-bond acceptors (Lipinski definition) is 35. The van der Waals surface area contributed by atoms with Crippen molar-refractivity contribution in [3.63, 3.8) is 0 Å². The third-order valence-electron chi connectivity index (χ3n) is 34.0. The summed E-state index contributed by atoms with van der Waals surface area (Å²) in [5, 5.41) is -1.93. The van der Waals surface area contributed by atoms with Gasteiger partial charge in [-0.05, 0) is 127 Å². The van der Waals surface area contributed by atoms with E-state index in [1.807, 2.05) is 0 Å². The molecule has 35 nitrogen and oxygen atoms in total. The number of methoxy groups -OCH3 is 13. The first-order valence-corrected chi connectivity index (χ1v) is 71.6. The van der Waals surface area contributed by atoms with Crippen molar-refractivity contribution in [2.75, 3.05) is 145 Å². The minimum absolute atomic E-state index is 0.00123. The van der Waals surface area contributed by atoms with Crippen LogP contribution < -0.4 is 0 Å². The highest BCUT2D eigenvalue weighted by Gasteiger charge is 2.65. The maximum Gasteiger partial charge on any atom is 0.192 e. The van der Waals surface area contributed by atoms with Crippen molar-refractivity contribution < 1.29 is 164 Å². The zero-order valence-corrected chi connectivity index (χ0v) is 103. The highest BCUT2D eigenvalue weighted by molar-refractivity contribution is 6.76. The van der Waals surface area contributed by atoms with Gasteiger partial charge in [-0.1, -0.05) is 151 Å².